The summed E-state index contributed by atoms with van der Waals surface area (Å²) in [5.41, 5.74) is 3.40. The second-order valence-corrected chi connectivity index (χ2v) is 6.42. The Hall–Kier alpha value is -3.38. The number of methoxy groups -OCH3 is 1. The number of ether oxygens (including phenoxy) is 1. The van der Waals surface area contributed by atoms with Crippen LogP contribution in [0.5, 0.6) is 0 Å². The van der Waals surface area contributed by atoms with Crippen molar-refractivity contribution < 1.29 is 14.3 Å². The number of nitrogens with one attached hydrogen (secondary N) is 2. The van der Waals surface area contributed by atoms with E-state index in [1.807, 2.05) is 13.0 Å². The predicted molar refractivity (Wildman–Crippen MR) is 109 cm³/mol. The summed E-state index contributed by atoms with van der Waals surface area (Å²) in [4.78, 5) is 28.4. The zero-order valence-corrected chi connectivity index (χ0v) is 16.1. The number of aryl methyl sites for hydroxylation is 1. The highest BCUT2D eigenvalue weighted by molar-refractivity contribution is 6.31. The lowest BCUT2D eigenvalue weighted by Crippen LogP contribution is -2.13. The van der Waals surface area contributed by atoms with Gasteiger partial charge < -0.3 is 15.4 Å². The number of anilines is 3. The summed E-state index contributed by atoms with van der Waals surface area (Å²) in [5.74, 6) is -0.787. The van der Waals surface area contributed by atoms with E-state index in [1.165, 1.54) is 13.3 Å². The van der Waals surface area contributed by atoms with Gasteiger partial charge in [0.05, 0.1) is 30.2 Å². The standard InChI is InChI=1S/C21H18ClN3O3/c1-13-7-8-14(11-17(13)22)25-20(26)19-10-9-15(12-23-19)24-18-6-4-3-5-16(18)21(27)28-2/h3-12,24H,1-2H3,(H,25,26). The van der Waals surface area contributed by atoms with Crippen molar-refractivity contribution in [3.05, 3.63) is 82.6 Å². The lowest BCUT2D eigenvalue weighted by atomic mass is 10.1. The van der Waals surface area contributed by atoms with Crippen LogP contribution in [0.4, 0.5) is 17.1 Å². The minimum Gasteiger partial charge on any atom is -0.465 e. The molecule has 142 valence electrons. The first-order chi connectivity index (χ1) is 13.5. The Morgan fingerprint density at radius 3 is 2.46 bits per heavy atom. The van der Waals surface area contributed by atoms with Crippen molar-refractivity contribution in [1.29, 1.82) is 0 Å². The van der Waals surface area contributed by atoms with Crippen molar-refractivity contribution in [2.75, 3.05) is 17.7 Å². The molecule has 3 rings (SSSR count). The Morgan fingerprint density at radius 2 is 1.79 bits per heavy atom. The Labute approximate surface area is 167 Å². The van der Waals surface area contributed by atoms with Crippen molar-refractivity contribution in [1.82, 2.24) is 4.98 Å². The highest BCUT2D eigenvalue weighted by atomic mass is 35.5. The van der Waals surface area contributed by atoms with Crippen molar-refractivity contribution in [2.45, 2.75) is 6.92 Å². The second-order valence-electron chi connectivity index (χ2n) is 6.01. The predicted octanol–water partition coefficient (Wildman–Crippen LogP) is 4.83. The number of nitrogens with zero attached hydrogens (tertiary/aromatic N) is 1. The maximum absolute atomic E-state index is 12.4. The molecule has 2 aromatic carbocycles. The van der Waals surface area contributed by atoms with E-state index in [2.05, 4.69) is 15.6 Å². The zero-order chi connectivity index (χ0) is 20.1. The molecule has 28 heavy (non-hydrogen) atoms. The highest BCUT2D eigenvalue weighted by Crippen LogP contribution is 2.22. The third-order valence-electron chi connectivity index (χ3n) is 4.04. The van der Waals surface area contributed by atoms with Crippen LogP contribution in [0.15, 0.2) is 60.8 Å². The molecule has 7 heteroatoms. The molecule has 0 spiro atoms. The number of amides is 1. The van der Waals surface area contributed by atoms with Gasteiger partial charge in [-0.05, 0) is 48.9 Å². The van der Waals surface area contributed by atoms with Gasteiger partial charge in [0.2, 0.25) is 0 Å². The minimum absolute atomic E-state index is 0.253. The first-order valence-corrected chi connectivity index (χ1v) is 8.83. The monoisotopic (exact) mass is 395 g/mol. The number of halogens is 1. The normalized spacial score (nSPS) is 10.2. The van der Waals surface area contributed by atoms with Crippen LogP contribution in [0.2, 0.25) is 5.02 Å². The van der Waals surface area contributed by atoms with Gasteiger partial charge in [0, 0.05) is 10.7 Å². The molecular formula is C21H18ClN3O3. The molecule has 0 bridgehead atoms. The molecule has 0 fully saturated rings. The number of rotatable bonds is 5. The lowest BCUT2D eigenvalue weighted by Gasteiger charge is -2.11. The Morgan fingerprint density at radius 1 is 1.04 bits per heavy atom. The van der Waals surface area contributed by atoms with Crippen molar-refractivity contribution in [3.63, 3.8) is 0 Å². The van der Waals surface area contributed by atoms with E-state index < -0.39 is 5.97 Å². The van der Waals surface area contributed by atoms with E-state index in [9.17, 15) is 9.59 Å². The average molecular weight is 396 g/mol. The van der Waals surface area contributed by atoms with Gasteiger partial charge in [-0.25, -0.2) is 9.78 Å². The molecule has 0 aliphatic heterocycles. The van der Waals surface area contributed by atoms with E-state index in [0.717, 1.165) is 5.56 Å². The Bertz CT molecular complexity index is 1020. The summed E-state index contributed by atoms with van der Waals surface area (Å²) in [5, 5.41) is 6.44. The van der Waals surface area contributed by atoms with Crippen molar-refractivity contribution in [3.8, 4) is 0 Å². The number of esters is 1. The fourth-order valence-corrected chi connectivity index (χ4v) is 2.68. The van der Waals surface area contributed by atoms with Crippen LogP contribution < -0.4 is 10.6 Å². The van der Waals surface area contributed by atoms with Gasteiger partial charge >= 0.3 is 5.97 Å². The summed E-state index contributed by atoms with van der Waals surface area (Å²) < 4.78 is 4.78. The SMILES string of the molecule is COC(=O)c1ccccc1Nc1ccc(C(=O)Nc2ccc(C)c(Cl)c2)nc1. The fourth-order valence-electron chi connectivity index (χ4n) is 2.50. The summed E-state index contributed by atoms with van der Waals surface area (Å²) in [6, 6.07) is 15.6. The van der Waals surface area contributed by atoms with E-state index in [4.69, 9.17) is 16.3 Å². The van der Waals surface area contributed by atoms with Gasteiger partial charge in [-0.2, -0.15) is 0 Å². The van der Waals surface area contributed by atoms with E-state index in [-0.39, 0.29) is 11.6 Å². The topological polar surface area (TPSA) is 80.3 Å². The number of pyridine rings is 1. The third-order valence-corrected chi connectivity index (χ3v) is 4.44. The molecule has 2 N–H and O–H groups in total. The number of carbonyl (C=O) groups is 2. The van der Waals surface area contributed by atoms with Crippen LogP contribution >= 0.6 is 11.6 Å². The summed E-state index contributed by atoms with van der Waals surface area (Å²) >= 11 is 6.08. The quantitative estimate of drug-likeness (QED) is 0.605. The molecule has 3 aromatic rings. The Kier molecular flexibility index (Phi) is 5.91. The summed E-state index contributed by atoms with van der Waals surface area (Å²) in [6.07, 6.45) is 1.52. The molecule has 0 aliphatic carbocycles. The molecule has 0 radical (unpaired) electrons. The van der Waals surface area contributed by atoms with Crippen LogP contribution in [-0.2, 0) is 4.74 Å². The van der Waals surface area contributed by atoms with E-state index in [0.29, 0.717) is 27.6 Å². The molecule has 0 saturated heterocycles. The number of hydrogen-bond donors (Lipinski definition) is 2. The number of carbonyl (C=O) groups excluding carboxylic acids is 2. The molecule has 1 heterocycles. The van der Waals surface area contributed by atoms with Crippen LogP contribution in [0.3, 0.4) is 0 Å². The first-order valence-electron chi connectivity index (χ1n) is 8.46. The zero-order valence-electron chi connectivity index (χ0n) is 15.3. The summed E-state index contributed by atoms with van der Waals surface area (Å²) in [7, 11) is 1.33. The van der Waals surface area contributed by atoms with E-state index >= 15 is 0 Å². The van der Waals surface area contributed by atoms with E-state index in [1.54, 1.807) is 48.5 Å². The molecular weight excluding hydrogens is 378 g/mol. The Balaban J connectivity index is 1.72. The van der Waals surface area contributed by atoms with Crippen LogP contribution in [0.25, 0.3) is 0 Å². The average Bonchev–Trinajstić information content (AvgIpc) is 2.71. The molecule has 0 aliphatic rings. The van der Waals surface area contributed by atoms with Crippen LogP contribution in [0.1, 0.15) is 26.4 Å². The van der Waals surface area contributed by atoms with Gasteiger partial charge in [0.1, 0.15) is 5.69 Å². The largest absolute Gasteiger partial charge is 0.465 e. The maximum Gasteiger partial charge on any atom is 0.339 e. The molecule has 1 amide bonds. The lowest BCUT2D eigenvalue weighted by molar-refractivity contribution is 0.0601. The molecule has 0 unspecified atom stereocenters. The highest BCUT2D eigenvalue weighted by Gasteiger charge is 2.12. The van der Waals surface area contributed by atoms with Crippen molar-refractivity contribution >= 4 is 40.5 Å². The van der Waals surface area contributed by atoms with Gasteiger partial charge in [0.25, 0.3) is 5.91 Å². The molecule has 0 atom stereocenters. The number of aromatic nitrogens is 1. The van der Waals surface area contributed by atoms with Crippen LogP contribution in [-0.4, -0.2) is 24.0 Å². The minimum atomic E-state index is -0.441. The van der Waals surface area contributed by atoms with Crippen LogP contribution in [0, 0.1) is 6.92 Å². The van der Waals surface area contributed by atoms with Gasteiger partial charge in [-0.1, -0.05) is 29.8 Å². The molecule has 1 aromatic heterocycles. The first kappa shape index (κ1) is 19.4. The fraction of sp³-hybridized carbons (Fsp3) is 0.0952. The number of benzene rings is 2. The van der Waals surface area contributed by atoms with Gasteiger partial charge in [-0.3, -0.25) is 4.79 Å². The van der Waals surface area contributed by atoms with Gasteiger partial charge in [-0.15, -0.1) is 0 Å². The molecule has 0 saturated carbocycles. The maximum atomic E-state index is 12.4. The third kappa shape index (κ3) is 4.47. The van der Waals surface area contributed by atoms with Gasteiger partial charge in [0.15, 0.2) is 0 Å². The molecule has 6 nitrogen and oxygen atoms in total. The number of hydrogen-bond acceptors (Lipinski definition) is 5. The van der Waals surface area contributed by atoms with Crippen molar-refractivity contribution in [2.24, 2.45) is 0 Å². The second kappa shape index (κ2) is 8.54. The smallest absolute Gasteiger partial charge is 0.339 e. The summed E-state index contributed by atoms with van der Waals surface area (Å²) in [6.45, 7) is 1.89. The number of para-hydroxylation sites is 1.